The lowest BCUT2D eigenvalue weighted by atomic mass is 10.1. The molecule has 2 rings (SSSR count). The number of halogens is 4. The van der Waals surface area contributed by atoms with Crippen molar-refractivity contribution in [2.24, 2.45) is 0 Å². The van der Waals surface area contributed by atoms with Gasteiger partial charge in [0.05, 0.1) is 20.5 Å². The number of hydrogen-bond donors (Lipinski definition) is 1. The minimum Gasteiger partial charge on any atom is -0.381 e. The van der Waals surface area contributed by atoms with Gasteiger partial charge in [0.15, 0.2) is 5.82 Å². The van der Waals surface area contributed by atoms with Crippen LogP contribution in [0.25, 0.3) is 0 Å². The fourth-order valence-electron chi connectivity index (χ4n) is 1.73. The Morgan fingerprint density at radius 1 is 1.14 bits per heavy atom. The van der Waals surface area contributed by atoms with Crippen LogP contribution in [0.5, 0.6) is 0 Å². The summed E-state index contributed by atoms with van der Waals surface area (Å²) in [7, 11) is 0. The SMILES string of the molecule is O=[N+]([O-])c1ccc(Cl)cc1CNc1cc(Cl)c(F)c(Cl)c1. The summed E-state index contributed by atoms with van der Waals surface area (Å²) in [5, 5.41) is 13.9. The lowest BCUT2D eigenvalue weighted by molar-refractivity contribution is -0.385. The molecule has 110 valence electrons. The molecule has 0 saturated carbocycles. The summed E-state index contributed by atoms with van der Waals surface area (Å²) in [6.07, 6.45) is 0. The summed E-state index contributed by atoms with van der Waals surface area (Å²) < 4.78 is 13.3. The highest BCUT2D eigenvalue weighted by atomic mass is 35.5. The highest BCUT2D eigenvalue weighted by Crippen LogP contribution is 2.29. The fourth-order valence-corrected chi connectivity index (χ4v) is 2.41. The highest BCUT2D eigenvalue weighted by molar-refractivity contribution is 6.35. The summed E-state index contributed by atoms with van der Waals surface area (Å²) in [5.41, 5.74) is 0.774. The molecule has 2 aromatic carbocycles. The zero-order valence-electron chi connectivity index (χ0n) is 10.4. The number of anilines is 1. The third kappa shape index (κ3) is 3.75. The second-order valence-electron chi connectivity index (χ2n) is 4.14. The van der Waals surface area contributed by atoms with Crippen molar-refractivity contribution in [1.82, 2.24) is 0 Å². The van der Waals surface area contributed by atoms with Gasteiger partial charge in [0.2, 0.25) is 0 Å². The van der Waals surface area contributed by atoms with Gasteiger partial charge >= 0.3 is 0 Å². The first-order chi connectivity index (χ1) is 9.88. The molecule has 2 aromatic rings. The number of nitro groups is 1. The maximum atomic E-state index is 13.3. The smallest absolute Gasteiger partial charge is 0.274 e. The summed E-state index contributed by atoms with van der Waals surface area (Å²) >= 11 is 17.2. The van der Waals surface area contributed by atoms with Gasteiger partial charge in [0.1, 0.15) is 0 Å². The molecule has 0 spiro atoms. The standard InChI is InChI=1S/C13H8Cl3FN2O2/c14-8-1-2-12(19(20)21)7(3-8)6-18-9-4-10(15)13(17)11(16)5-9/h1-5,18H,6H2. The van der Waals surface area contributed by atoms with Crippen molar-refractivity contribution < 1.29 is 9.31 Å². The molecule has 4 nitrogen and oxygen atoms in total. The third-order valence-corrected chi connectivity index (χ3v) is 3.49. The van der Waals surface area contributed by atoms with Crippen LogP contribution in [0.15, 0.2) is 30.3 Å². The number of nitrogens with zero attached hydrogens (tertiary/aromatic N) is 1. The Labute approximate surface area is 134 Å². The second kappa shape index (κ2) is 6.47. The van der Waals surface area contributed by atoms with E-state index in [1.165, 1.54) is 30.3 Å². The molecule has 0 amide bonds. The minimum absolute atomic E-state index is 0.0637. The third-order valence-electron chi connectivity index (χ3n) is 2.71. The number of hydrogen-bond acceptors (Lipinski definition) is 3. The quantitative estimate of drug-likeness (QED) is 0.462. The van der Waals surface area contributed by atoms with Crippen molar-refractivity contribution in [2.75, 3.05) is 5.32 Å². The average Bonchev–Trinajstić information content (AvgIpc) is 2.42. The molecule has 8 heteroatoms. The Morgan fingerprint density at radius 3 is 2.33 bits per heavy atom. The maximum absolute atomic E-state index is 13.3. The number of rotatable bonds is 4. The van der Waals surface area contributed by atoms with E-state index in [2.05, 4.69) is 5.32 Å². The van der Waals surface area contributed by atoms with E-state index in [9.17, 15) is 14.5 Å². The summed E-state index contributed by atoms with van der Waals surface area (Å²) in [6, 6.07) is 6.94. The van der Waals surface area contributed by atoms with Gasteiger partial charge in [0, 0.05) is 23.3 Å². The molecule has 0 heterocycles. The zero-order chi connectivity index (χ0) is 15.6. The molecule has 0 radical (unpaired) electrons. The first-order valence-corrected chi connectivity index (χ1v) is 6.83. The van der Waals surface area contributed by atoms with E-state index in [0.717, 1.165) is 0 Å². The average molecular weight is 350 g/mol. The predicted octanol–water partition coefficient (Wildman–Crippen LogP) is 5.31. The van der Waals surface area contributed by atoms with E-state index in [-0.39, 0.29) is 22.3 Å². The van der Waals surface area contributed by atoms with Gasteiger partial charge in [-0.2, -0.15) is 0 Å². The van der Waals surface area contributed by atoms with Crippen LogP contribution >= 0.6 is 34.8 Å². The number of nitrogens with one attached hydrogen (secondary N) is 1. The van der Waals surface area contributed by atoms with Gasteiger partial charge in [-0.05, 0) is 24.3 Å². The molecule has 0 fully saturated rings. The lowest BCUT2D eigenvalue weighted by Gasteiger charge is -2.09. The number of nitro benzene ring substituents is 1. The van der Waals surface area contributed by atoms with Crippen LogP contribution in [0, 0.1) is 15.9 Å². The van der Waals surface area contributed by atoms with Gasteiger partial charge in [-0.25, -0.2) is 4.39 Å². The van der Waals surface area contributed by atoms with Crippen molar-refractivity contribution in [3.8, 4) is 0 Å². The predicted molar refractivity (Wildman–Crippen MR) is 81.9 cm³/mol. The molecular formula is C13H8Cl3FN2O2. The minimum atomic E-state index is -0.711. The van der Waals surface area contributed by atoms with Crippen molar-refractivity contribution in [2.45, 2.75) is 6.54 Å². The van der Waals surface area contributed by atoms with Crippen molar-refractivity contribution in [3.63, 3.8) is 0 Å². The first kappa shape index (κ1) is 15.8. The van der Waals surface area contributed by atoms with Crippen molar-refractivity contribution in [1.29, 1.82) is 0 Å². The van der Waals surface area contributed by atoms with Crippen LogP contribution in [-0.4, -0.2) is 4.92 Å². The molecule has 0 bridgehead atoms. The molecule has 0 aliphatic carbocycles. The van der Waals surface area contributed by atoms with Crippen LogP contribution in [-0.2, 0) is 6.54 Å². The topological polar surface area (TPSA) is 55.2 Å². The molecule has 0 aliphatic rings. The molecule has 0 aromatic heterocycles. The van der Waals surface area contributed by atoms with Crippen LogP contribution in [0.2, 0.25) is 15.1 Å². The molecule has 0 atom stereocenters. The van der Waals surface area contributed by atoms with E-state index in [1.54, 1.807) is 0 Å². The Kier molecular flexibility index (Phi) is 4.88. The summed E-state index contributed by atoms with van der Waals surface area (Å²) in [6.45, 7) is 0.120. The largest absolute Gasteiger partial charge is 0.381 e. The summed E-state index contributed by atoms with van der Waals surface area (Å²) in [4.78, 5) is 10.4. The normalized spacial score (nSPS) is 10.5. The Balaban J connectivity index is 2.24. The molecule has 0 saturated heterocycles. The highest BCUT2D eigenvalue weighted by Gasteiger charge is 2.14. The maximum Gasteiger partial charge on any atom is 0.274 e. The summed E-state index contributed by atoms with van der Waals surface area (Å²) in [5.74, 6) is -0.711. The molecule has 1 N–H and O–H groups in total. The van der Waals surface area contributed by atoms with Crippen molar-refractivity contribution in [3.05, 3.63) is 66.9 Å². The Morgan fingerprint density at radius 2 is 1.76 bits per heavy atom. The van der Waals surface area contributed by atoms with Gasteiger partial charge in [-0.15, -0.1) is 0 Å². The molecule has 0 aliphatic heterocycles. The van der Waals surface area contributed by atoms with E-state index in [1.807, 2.05) is 0 Å². The van der Waals surface area contributed by atoms with E-state index in [0.29, 0.717) is 16.3 Å². The second-order valence-corrected chi connectivity index (χ2v) is 5.39. The zero-order valence-corrected chi connectivity index (χ0v) is 12.6. The van der Waals surface area contributed by atoms with Gasteiger partial charge in [-0.3, -0.25) is 10.1 Å². The van der Waals surface area contributed by atoms with Gasteiger partial charge in [-0.1, -0.05) is 34.8 Å². The van der Waals surface area contributed by atoms with Crippen molar-refractivity contribution >= 4 is 46.2 Å². The van der Waals surface area contributed by atoms with Crippen LogP contribution in [0.1, 0.15) is 5.56 Å². The monoisotopic (exact) mass is 348 g/mol. The molecular weight excluding hydrogens is 342 g/mol. The first-order valence-electron chi connectivity index (χ1n) is 5.69. The van der Waals surface area contributed by atoms with Crippen LogP contribution in [0.3, 0.4) is 0 Å². The van der Waals surface area contributed by atoms with E-state index >= 15 is 0 Å². The van der Waals surface area contributed by atoms with E-state index < -0.39 is 10.7 Å². The van der Waals surface area contributed by atoms with E-state index in [4.69, 9.17) is 34.8 Å². The Hall–Kier alpha value is -1.56. The number of benzene rings is 2. The molecule has 21 heavy (non-hydrogen) atoms. The van der Waals surface area contributed by atoms with Gasteiger partial charge < -0.3 is 5.32 Å². The molecule has 0 unspecified atom stereocenters. The lowest BCUT2D eigenvalue weighted by Crippen LogP contribution is -2.03. The van der Waals surface area contributed by atoms with Gasteiger partial charge in [0.25, 0.3) is 5.69 Å². The Bertz CT molecular complexity index is 687. The van der Waals surface area contributed by atoms with Crippen LogP contribution < -0.4 is 5.32 Å². The van der Waals surface area contributed by atoms with Crippen LogP contribution in [0.4, 0.5) is 15.8 Å². The fraction of sp³-hybridized carbons (Fsp3) is 0.0769.